The molecule has 11 heteroatoms. The third-order valence-corrected chi connectivity index (χ3v) is 8.45. The highest BCUT2D eigenvalue weighted by molar-refractivity contribution is 7.89. The number of hydrogen-bond acceptors (Lipinski definition) is 6. The first-order valence-electron chi connectivity index (χ1n) is 12.5. The molecule has 0 unspecified atom stereocenters. The average molecular weight is 576 g/mol. The highest BCUT2D eigenvalue weighted by Gasteiger charge is 2.30. The lowest BCUT2D eigenvalue weighted by Gasteiger charge is -2.23. The zero-order valence-electron chi connectivity index (χ0n) is 22.2. The summed E-state index contributed by atoms with van der Waals surface area (Å²) in [4.78, 5) is 11.9. The van der Waals surface area contributed by atoms with E-state index in [4.69, 9.17) is 9.47 Å². The van der Waals surface area contributed by atoms with Gasteiger partial charge >= 0.3 is 5.97 Å². The Morgan fingerprint density at radius 2 is 1.41 bits per heavy atom. The molecule has 1 aromatic heterocycles. The van der Waals surface area contributed by atoms with E-state index in [0.29, 0.717) is 28.3 Å². The summed E-state index contributed by atoms with van der Waals surface area (Å²) in [6.07, 6.45) is 1.37. The van der Waals surface area contributed by atoms with Crippen molar-refractivity contribution in [1.82, 2.24) is 14.1 Å². The average Bonchev–Trinajstić information content (AvgIpc) is 3.41. The van der Waals surface area contributed by atoms with Crippen LogP contribution in [0.4, 0.5) is 4.39 Å². The number of carboxylic acid groups (broad SMARTS) is 1. The zero-order valence-corrected chi connectivity index (χ0v) is 23.0. The molecule has 0 amide bonds. The Bertz CT molecular complexity index is 1750. The van der Waals surface area contributed by atoms with E-state index in [0.717, 1.165) is 6.07 Å². The van der Waals surface area contributed by atoms with Gasteiger partial charge in [-0.15, -0.1) is 0 Å². The minimum Gasteiger partial charge on any atom is -0.497 e. The summed E-state index contributed by atoms with van der Waals surface area (Å²) in [6, 6.07) is 22.0. The fraction of sp³-hybridized carbons (Fsp3) is 0.133. The van der Waals surface area contributed by atoms with Crippen LogP contribution in [0.5, 0.6) is 11.5 Å². The van der Waals surface area contributed by atoms with Crippen LogP contribution < -0.4 is 9.47 Å². The molecule has 0 atom stereocenters. The lowest BCUT2D eigenvalue weighted by atomic mass is 10.1. The molecule has 1 heterocycles. The lowest BCUT2D eigenvalue weighted by Crippen LogP contribution is -2.30. The van der Waals surface area contributed by atoms with E-state index in [-0.39, 0.29) is 34.5 Å². The van der Waals surface area contributed by atoms with E-state index >= 15 is 0 Å². The minimum atomic E-state index is -4.29. The van der Waals surface area contributed by atoms with E-state index in [9.17, 15) is 22.7 Å². The van der Waals surface area contributed by atoms with Gasteiger partial charge in [-0.25, -0.2) is 22.3 Å². The third kappa shape index (κ3) is 5.76. The summed E-state index contributed by atoms with van der Waals surface area (Å²) in [5, 5.41) is 14.4. The van der Waals surface area contributed by atoms with E-state index in [1.165, 1.54) is 45.5 Å². The molecule has 210 valence electrons. The van der Waals surface area contributed by atoms with Gasteiger partial charge in [0.25, 0.3) is 0 Å². The predicted molar refractivity (Wildman–Crippen MR) is 150 cm³/mol. The van der Waals surface area contributed by atoms with Gasteiger partial charge in [-0.3, -0.25) is 0 Å². The van der Waals surface area contributed by atoms with Crippen molar-refractivity contribution in [2.45, 2.75) is 18.0 Å². The van der Waals surface area contributed by atoms with Crippen LogP contribution in [-0.2, 0) is 23.1 Å². The maximum atomic E-state index is 14.4. The number of carbonyl (C=O) groups is 1. The number of nitrogens with zero attached hydrogens (tertiary/aromatic N) is 3. The molecular formula is C30H26FN3O6S. The van der Waals surface area contributed by atoms with Gasteiger partial charge < -0.3 is 14.6 Å². The van der Waals surface area contributed by atoms with Crippen LogP contribution in [0.25, 0.3) is 16.6 Å². The quantitative estimate of drug-likeness (QED) is 0.242. The van der Waals surface area contributed by atoms with Gasteiger partial charge in [0.1, 0.15) is 17.3 Å². The van der Waals surface area contributed by atoms with Crippen molar-refractivity contribution in [1.29, 1.82) is 0 Å². The first-order valence-corrected chi connectivity index (χ1v) is 13.9. The van der Waals surface area contributed by atoms with Crippen molar-refractivity contribution < 1.29 is 32.2 Å². The smallest absolute Gasteiger partial charge is 0.335 e. The summed E-state index contributed by atoms with van der Waals surface area (Å²) < 4.78 is 55.4. The Hall–Kier alpha value is -4.74. The summed E-state index contributed by atoms with van der Waals surface area (Å²) in [5.74, 6) is -0.496. The first kappa shape index (κ1) is 27.8. The van der Waals surface area contributed by atoms with Crippen molar-refractivity contribution in [3.63, 3.8) is 0 Å². The molecule has 9 nitrogen and oxygen atoms in total. The normalized spacial score (nSPS) is 11.6. The van der Waals surface area contributed by atoms with Gasteiger partial charge in [0.15, 0.2) is 0 Å². The molecule has 0 radical (unpaired) electrons. The summed E-state index contributed by atoms with van der Waals surface area (Å²) in [5.41, 5.74) is 1.88. The molecule has 0 aliphatic heterocycles. The van der Waals surface area contributed by atoms with Crippen LogP contribution in [0.15, 0.2) is 96.0 Å². The second-order valence-corrected chi connectivity index (χ2v) is 11.1. The lowest BCUT2D eigenvalue weighted by molar-refractivity contribution is 0.0696. The largest absolute Gasteiger partial charge is 0.497 e. The molecular weight excluding hydrogens is 549 g/mol. The van der Waals surface area contributed by atoms with E-state index in [1.54, 1.807) is 62.8 Å². The van der Waals surface area contributed by atoms with Gasteiger partial charge in [0.2, 0.25) is 10.0 Å². The Balaban J connectivity index is 1.64. The molecule has 0 aliphatic rings. The molecule has 0 fully saturated rings. The highest BCUT2D eigenvalue weighted by atomic mass is 32.2. The molecule has 5 rings (SSSR count). The number of carboxylic acids is 1. The SMILES string of the molecule is COc1ccc(CN(Cc2ccc(OC)cc2)S(=O)(=O)c2cc(C(=O)O)cc3c2cnn3-c2ccc(F)cc2)cc1. The van der Waals surface area contributed by atoms with E-state index in [1.807, 2.05) is 0 Å². The van der Waals surface area contributed by atoms with Crippen molar-refractivity contribution in [3.05, 3.63) is 114 Å². The number of aromatic carboxylic acids is 1. The predicted octanol–water partition coefficient (Wildman–Crippen LogP) is 5.27. The maximum Gasteiger partial charge on any atom is 0.335 e. The Morgan fingerprint density at radius 1 is 0.878 bits per heavy atom. The molecule has 0 saturated heterocycles. The third-order valence-electron chi connectivity index (χ3n) is 6.62. The number of sulfonamides is 1. The monoisotopic (exact) mass is 575 g/mol. The second kappa shape index (κ2) is 11.4. The van der Waals surface area contributed by atoms with Crippen LogP contribution in [-0.4, -0.2) is 47.8 Å². The molecule has 0 aliphatic carbocycles. The number of halogens is 1. The summed E-state index contributed by atoms with van der Waals surface area (Å²) in [6.45, 7) is 0.00645. The number of methoxy groups -OCH3 is 2. The van der Waals surface area contributed by atoms with Gasteiger partial charge in [-0.1, -0.05) is 24.3 Å². The molecule has 5 aromatic rings. The first-order chi connectivity index (χ1) is 19.7. The number of hydrogen-bond donors (Lipinski definition) is 1. The van der Waals surface area contributed by atoms with Gasteiger partial charge in [0, 0.05) is 18.5 Å². The molecule has 0 saturated carbocycles. The highest BCUT2D eigenvalue weighted by Crippen LogP contribution is 2.31. The fourth-order valence-electron chi connectivity index (χ4n) is 4.45. The molecule has 1 N–H and O–H groups in total. The maximum absolute atomic E-state index is 14.4. The van der Waals surface area contributed by atoms with Gasteiger partial charge in [0.05, 0.1) is 42.1 Å². The topological polar surface area (TPSA) is 111 Å². The number of benzene rings is 4. The van der Waals surface area contributed by atoms with E-state index in [2.05, 4.69) is 5.10 Å². The second-order valence-electron chi connectivity index (χ2n) is 9.21. The molecule has 0 spiro atoms. The van der Waals surface area contributed by atoms with Crippen molar-refractivity contribution in [3.8, 4) is 17.2 Å². The summed E-state index contributed by atoms with van der Waals surface area (Å²) in [7, 11) is -1.21. The van der Waals surface area contributed by atoms with Crippen molar-refractivity contribution >= 4 is 26.9 Å². The molecule has 4 aromatic carbocycles. The number of rotatable bonds is 10. The van der Waals surface area contributed by atoms with E-state index < -0.39 is 21.8 Å². The number of fused-ring (bicyclic) bond motifs is 1. The molecule has 41 heavy (non-hydrogen) atoms. The van der Waals surface area contributed by atoms with Crippen molar-refractivity contribution in [2.75, 3.05) is 14.2 Å². The van der Waals surface area contributed by atoms with Crippen molar-refractivity contribution in [2.24, 2.45) is 0 Å². The fourth-order valence-corrected chi connectivity index (χ4v) is 6.08. The van der Waals surface area contributed by atoms with Crippen LogP contribution in [0, 0.1) is 5.82 Å². The van der Waals surface area contributed by atoms with Crippen LogP contribution in [0.1, 0.15) is 21.5 Å². The Kier molecular flexibility index (Phi) is 7.73. The molecule has 0 bridgehead atoms. The van der Waals surface area contributed by atoms with Crippen LogP contribution >= 0.6 is 0 Å². The van der Waals surface area contributed by atoms with Crippen LogP contribution in [0.3, 0.4) is 0 Å². The zero-order chi connectivity index (χ0) is 29.1. The Morgan fingerprint density at radius 3 is 1.90 bits per heavy atom. The van der Waals surface area contributed by atoms with Gasteiger partial charge in [-0.05, 0) is 71.8 Å². The minimum absolute atomic E-state index is 0.00322. The van der Waals surface area contributed by atoms with Crippen LogP contribution in [0.2, 0.25) is 0 Å². The van der Waals surface area contributed by atoms with Gasteiger partial charge in [-0.2, -0.15) is 9.40 Å². The Labute approximate surface area is 236 Å². The number of aromatic nitrogens is 2. The standard InChI is InChI=1S/C30H26FN3O6S/c1-39-25-11-3-20(4-12-25)18-33(19-21-5-13-26(40-2)14-6-21)41(37,38)29-16-22(30(35)36)15-28-27(29)17-32-34(28)24-9-7-23(31)8-10-24/h3-17H,18-19H2,1-2H3,(H,35,36). The summed E-state index contributed by atoms with van der Waals surface area (Å²) >= 11 is 0. The number of ether oxygens (including phenoxy) is 2.